The third-order valence-corrected chi connectivity index (χ3v) is 3.65. The Hall–Kier alpha value is -1.75. The highest BCUT2D eigenvalue weighted by molar-refractivity contribution is 6.30. The molecule has 1 N–H and O–H groups in total. The summed E-state index contributed by atoms with van der Waals surface area (Å²) in [6.07, 6.45) is -0.522. The molecule has 0 aromatic heterocycles. The Kier molecular flexibility index (Phi) is 6.67. The van der Waals surface area contributed by atoms with E-state index in [1.165, 1.54) is 11.9 Å². The highest BCUT2D eigenvalue weighted by atomic mass is 35.5. The maximum atomic E-state index is 12.1. The normalized spacial score (nSPS) is 11.8. The van der Waals surface area contributed by atoms with Crippen LogP contribution in [0.25, 0.3) is 0 Å². The van der Waals surface area contributed by atoms with Crippen molar-refractivity contribution in [2.45, 2.75) is 45.6 Å². The number of halogens is 1. The van der Waals surface area contributed by atoms with E-state index in [0.29, 0.717) is 11.6 Å². The van der Waals surface area contributed by atoms with Crippen molar-refractivity contribution >= 4 is 23.6 Å². The number of hydrogen-bond acceptors (Lipinski definition) is 3. The Morgan fingerprint density at radius 3 is 2.38 bits per heavy atom. The largest absolute Gasteiger partial charge is 0.444 e. The number of nitrogens with one attached hydrogen (secondary N) is 1. The van der Waals surface area contributed by atoms with Gasteiger partial charge in [0.25, 0.3) is 0 Å². The van der Waals surface area contributed by atoms with E-state index >= 15 is 0 Å². The van der Waals surface area contributed by atoms with Crippen LogP contribution in [0.3, 0.4) is 0 Å². The van der Waals surface area contributed by atoms with Gasteiger partial charge in [-0.3, -0.25) is 4.79 Å². The van der Waals surface area contributed by atoms with E-state index in [2.05, 4.69) is 5.32 Å². The first-order valence-corrected chi connectivity index (χ1v) is 8.25. The van der Waals surface area contributed by atoms with E-state index in [-0.39, 0.29) is 17.9 Å². The molecule has 0 bridgehead atoms. The molecule has 0 atom stereocenters. The number of nitrogens with zero attached hydrogens (tertiary/aromatic N) is 1. The molecular formula is C18H27ClN2O3. The van der Waals surface area contributed by atoms with Gasteiger partial charge in [0.1, 0.15) is 12.1 Å². The van der Waals surface area contributed by atoms with Gasteiger partial charge in [-0.15, -0.1) is 0 Å². The first kappa shape index (κ1) is 20.3. The minimum atomic E-state index is -0.587. The van der Waals surface area contributed by atoms with Crippen LogP contribution in [-0.4, -0.2) is 42.6 Å². The third kappa shape index (κ3) is 6.79. The van der Waals surface area contributed by atoms with Crippen molar-refractivity contribution < 1.29 is 14.3 Å². The number of carbonyl (C=O) groups is 2. The molecule has 0 fully saturated rings. The Morgan fingerprint density at radius 1 is 1.21 bits per heavy atom. The molecule has 0 saturated heterocycles. The summed E-state index contributed by atoms with van der Waals surface area (Å²) in [5, 5.41) is 3.52. The van der Waals surface area contributed by atoms with Crippen LogP contribution in [0.2, 0.25) is 5.02 Å². The fraction of sp³-hybridized carbons (Fsp3) is 0.556. The molecule has 0 aliphatic carbocycles. The van der Waals surface area contributed by atoms with Crippen LogP contribution in [0.15, 0.2) is 24.3 Å². The van der Waals surface area contributed by atoms with Crippen molar-refractivity contribution in [1.29, 1.82) is 0 Å². The van der Waals surface area contributed by atoms with Gasteiger partial charge in [-0.2, -0.15) is 0 Å². The van der Waals surface area contributed by atoms with E-state index in [1.807, 2.05) is 38.1 Å². The third-order valence-electron chi connectivity index (χ3n) is 3.42. The molecule has 0 saturated carbocycles. The first-order valence-electron chi connectivity index (χ1n) is 7.87. The SMILES string of the molecule is CN(CC(=O)NCC(C)(C)c1cccc(Cl)c1)C(=O)OC(C)(C)C. The van der Waals surface area contributed by atoms with Gasteiger partial charge in [0, 0.05) is 24.0 Å². The molecule has 1 rings (SSSR count). The molecule has 0 aliphatic rings. The monoisotopic (exact) mass is 354 g/mol. The Bertz CT molecular complexity index is 594. The van der Waals surface area contributed by atoms with Gasteiger partial charge in [0.15, 0.2) is 0 Å². The quantitative estimate of drug-likeness (QED) is 0.878. The molecular weight excluding hydrogens is 328 g/mol. The lowest BCUT2D eigenvalue weighted by atomic mass is 9.84. The zero-order valence-electron chi connectivity index (χ0n) is 15.3. The van der Waals surface area contributed by atoms with Crippen LogP contribution in [0.5, 0.6) is 0 Å². The van der Waals surface area contributed by atoms with Gasteiger partial charge in [0.05, 0.1) is 0 Å². The highest BCUT2D eigenvalue weighted by Gasteiger charge is 2.24. The summed E-state index contributed by atoms with van der Waals surface area (Å²) >= 11 is 6.02. The van der Waals surface area contributed by atoms with Crippen molar-refractivity contribution in [2.75, 3.05) is 20.1 Å². The molecule has 0 spiro atoms. The molecule has 0 unspecified atom stereocenters. The van der Waals surface area contributed by atoms with E-state index in [0.717, 1.165) is 5.56 Å². The smallest absolute Gasteiger partial charge is 0.410 e. The topological polar surface area (TPSA) is 58.6 Å². The Morgan fingerprint density at radius 2 is 1.83 bits per heavy atom. The minimum absolute atomic E-state index is 0.0550. The molecule has 0 aliphatic heterocycles. The van der Waals surface area contributed by atoms with Crippen molar-refractivity contribution in [2.24, 2.45) is 0 Å². The van der Waals surface area contributed by atoms with Crippen LogP contribution in [-0.2, 0) is 14.9 Å². The number of benzene rings is 1. The van der Waals surface area contributed by atoms with Crippen LogP contribution in [0.1, 0.15) is 40.2 Å². The summed E-state index contributed by atoms with van der Waals surface area (Å²) in [5.74, 6) is -0.238. The molecule has 0 heterocycles. The van der Waals surface area contributed by atoms with Crippen molar-refractivity contribution in [3.8, 4) is 0 Å². The molecule has 24 heavy (non-hydrogen) atoms. The zero-order chi connectivity index (χ0) is 18.5. The second-order valence-electron chi connectivity index (χ2n) is 7.51. The number of hydrogen-bond donors (Lipinski definition) is 1. The maximum absolute atomic E-state index is 12.1. The predicted molar refractivity (Wildman–Crippen MR) is 96.4 cm³/mol. The van der Waals surface area contributed by atoms with Crippen LogP contribution in [0, 0.1) is 0 Å². The van der Waals surface area contributed by atoms with Crippen molar-refractivity contribution in [3.63, 3.8) is 0 Å². The van der Waals surface area contributed by atoms with E-state index in [9.17, 15) is 9.59 Å². The molecule has 2 amide bonds. The molecule has 134 valence electrons. The van der Waals surface area contributed by atoms with E-state index in [4.69, 9.17) is 16.3 Å². The van der Waals surface area contributed by atoms with Gasteiger partial charge < -0.3 is 15.0 Å². The fourth-order valence-corrected chi connectivity index (χ4v) is 2.20. The lowest BCUT2D eigenvalue weighted by Crippen LogP contribution is -2.44. The molecule has 6 heteroatoms. The van der Waals surface area contributed by atoms with Gasteiger partial charge in [-0.25, -0.2) is 4.79 Å². The van der Waals surface area contributed by atoms with Crippen LogP contribution in [0.4, 0.5) is 4.79 Å². The summed E-state index contributed by atoms with van der Waals surface area (Å²) in [4.78, 5) is 25.2. The van der Waals surface area contributed by atoms with Crippen molar-refractivity contribution in [1.82, 2.24) is 10.2 Å². The molecule has 0 radical (unpaired) electrons. The summed E-state index contributed by atoms with van der Waals surface area (Å²) < 4.78 is 5.22. The lowest BCUT2D eigenvalue weighted by molar-refractivity contribution is -0.122. The summed E-state index contributed by atoms with van der Waals surface area (Å²) in [6.45, 7) is 9.78. The molecule has 1 aromatic rings. The van der Waals surface area contributed by atoms with Gasteiger partial charge in [0.2, 0.25) is 5.91 Å². The zero-order valence-corrected chi connectivity index (χ0v) is 16.0. The predicted octanol–water partition coefficient (Wildman–Crippen LogP) is 3.60. The first-order chi connectivity index (χ1) is 10.9. The summed E-state index contributed by atoms with van der Waals surface area (Å²) in [7, 11) is 1.54. The average Bonchev–Trinajstić information content (AvgIpc) is 2.43. The number of carbonyl (C=O) groups excluding carboxylic acids is 2. The molecule has 1 aromatic carbocycles. The highest BCUT2D eigenvalue weighted by Crippen LogP contribution is 2.24. The second-order valence-corrected chi connectivity index (χ2v) is 7.94. The Labute approximate surface area is 149 Å². The van der Waals surface area contributed by atoms with Gasteiger partial charge >= 0.3 is 6.09 Å². The summed E-state index contributed by atoms with van der Waals surface area (Å²) in [6, 6.07) is 7.57. The maximum Gasteiger partial charge on any atom is 0.410 e. The average molecular weight is 355 g/mol. The second kappa shape index (κ2) is 7.88. The van der Waals surface area contributed by atoms with E-state index in [1.54, 1.807) is 20.8 Å². The standard InChI is InChI=1S/C18H27ClN2O3/c1-17(2,3)24-16(23)21(6)11-15(22)20-12-18(4,5)13-8-7-9-14(19)10-13/h7-10H,11-12H2,1-6H3,(H,20,22). The Balaban J connectivity index is 2.55. The van der Waals surface area contributed by atoms with Crippen LogP contribution >= 0.6 is 11.6 Å². The van der Waals surface area contributed by atoms with Gasteiger partial charge in [-0.1, -0.05) is 37.6 Å². The number of rotatable bonds is 5. The van der Waals surface area contributed by atoms with E-state index < -0.39 is 11.7 Å². The van der Waals surface area contributed by atoms with Crippen molar-refractivity contribution in [3.05, 3.63) is 34.9 Å². The van der Waals surface area contributed by atoms with Crippen LogP contribution < -0.4 is 5.32 Å². The number of ether oxygens (including phenoxy) is 1. The minimum Gasteiger partial charge on any atom is -0.444 e. The van der Waals surface area contributed by atoms with Gasteiger partial charge in [-0.05, 0) is 38.5 Å². The number of amides is 2. The number of likely N-dealkylation sites (N-methyl/N-ethyl adjacent to an activating group) is 1. The summed E-state index contributed by atoms with van der Waals surface area (Å²) in [5.41, 5.74) is 0.178. The lowest BCUT2D eigenvalue weighted by Gasteiger charge is -2.27. The fourth-order valence-electron chi connectivity index (χ4n) is 2.01. The molecule has 5 nitrogen and oxygen atoms in total.